The summed E-state index contributed by atoms with van der Waals surface area (Å²) in [6.45, 7) is 1.62. The predicted molar refractivity (Wildman–Crippen MR) is 56.1 cm³/mol. The van der Waals surface area contributed by atoms with Gasteiger partial charge in [0.25, 0.3) is 0 Å². The van der Waals surface area contributed by atoms with Crippen LogP contribution in [0.4, 0.5) is 13.2 Å². The van der Waals surface area contributed by atoms with Crippen LogP contribution < -0.4 is 5.32 Å². The number of aliphatic hydroxyl groups excluding tert-OH is 1. The summed E-state index contributed by atoms with van der Waals surface area (Å²) in [5.41, 5.74) is 0. The lowest BCUT2D eigenvalue weighted by atomic mass is 9.84. The van der Waals surface area contributed by atoms with Crippen LogP contribution in [0.5, 0.6) is 0 Å². The van der Waals surface area contributed by atoms with Crippen LogP contribution in [0.3, 0.4) is 0 Å². The van der Waals surface area contributed by atoms with E-state index in [0.717, 1.165) is 25.7 Å². The fourth-order valence-corrected chi connectivity index (χ4v) is 2.42. The topological polar surface area (TPSA) is 32.3 Å². The molecule has 0 radical (unpaired) electrons. The van der Waals surface area contributed by atoms with Gasteiger partial charge in [-0.1, -0.05) is 12.8 Å². The first-order chi connectivity index (χ1) is 7.42. The number of aliphatic hydroxyl groups is 1. The third kappa shape index (κ3) is 4.70. The van der Waals surface area contributed by atoms with Gasteiger partial charge in [-0.25, -0.2) is 0 Å². The highest BCUT2D eigenvalue weighted by atomic mass is 19.4. The van der Waals surface area contributed by atoms with E-state index in [4.69, 9.17) is 5.11 Å². The van der Waals surface area contributed by atoms with Crippen LogP contribution in [0, 0.1) is 5.92 Å². The summed E-state index contributed by atoms with van der Waals surface area (Å²) in [6, 6.07) is -0.534. The first-order valence-corrected chi connectivity index (χ1v) is 5.86. The van der Waals surface area contributed by atoms with E-state index < -0.39 is 18.6 Å². The van der Waals surface area contributed by atoms with Gasteiger partial charge in [-0.15, -0.1) is 0 Å². The Labute approximate surface area is 94.2 Å². The molecule has 1 saturated carbocycles. The molecular weight excluding hydrogens is 219 g/mol. The number of rotatable bonds is 4. The Morgan fingerprint density at radius 3 is 2.50 bits per heavy atom. The van der Waals surface area contributed by atoms with Crippen LogP contribution in [-0.4, -0.2) is 30.0 Å². The average molecular weight is 239 g/mol. The molecule has 5 heteroatoms. The van der Waals surface area contributed by atoms with E-state index in [1.807, 2.05) is 0 Å². The largest absolute Gasteiger partial charge is 0.396 e. The van der Waals surface area contributed by atoms with Crippen LogP contribution in [0.25, 0.3) is 0 Å². The van der Waals surface area contributed by atoms with E-state index in [1.54, 1.807) is 6.92 Å². The van der Waals surface area contributed by atoms with Gasteiger partial charge in [-0.05, 0) is 25.7 Å². The van der Waals surface area contributed by atoms with Gasteiger partial charge in [-0.2, -0.15) is 13.2 Å². The molecule has 2 N–H and O–H groups in total. The Morgan fingerprint density at radius 1 is 1.31 bits per heavy atom. The molecule has 0 amide bonds. The van der Waals surface area contributed by atoms with Crippen LogP contribution in [-0.2, 0) is 0 Å². The summed E-state index contributed by atoms with van der Waals surface area (Å²) in [6.07, 6.45) is -1.04. The summed E-state index contributed by atoms with van der Waals surface area (Å²) in [4.78, 5) is 0. The van der Waals surface area contributed by atoms with E-state index in [1.165, 1.54) is 0 Å². The number of hydrogen-bond donors (Lipinski definition) is 2. The molecule has 0 aliphatic heterocycles. The highest BCUT2D eigenvalue weighted by Gasteiger charge is 2.32. The highest BCUT2D eigenvalue weighted by molar-refractivity contribution is 4.83. The number of nitrogens with one attached hydrogen (secondary N) is 1. The quantitative estimate of drug-likeness (QED) is 0.790. The molecule has 1 rings (SSSR count). The molecule has 1 aliphatic rings. The van der Waals surface area contributed by atoms with Crippen molar-refractivity contribution in [2.75, 3.05) is 6.61 Å². The monoisotopic (exact) mass is 239 g/mol. The zero-order valence-corrected chi connectivity index (χ0v) is 9.56. The van der Waals surface area contributed by atoms with E-state index in [9.17, 15) is 13.2 Å². The molecule has 3 unspecified atom stereocenters. The summed E-state index contributed by atoms with van der Waals surface area (Å²) in [5.74, 6) is 0.115. The van der Waals surface area contributed by atoms with Gasteiger partial charge >= 0.3 is 6.18 Å². The lowest BCUT2D eigenvalue weighted by Gasteiger charge is -2.33. The molecule has 0 bridgehead atoms. The molecular formula is C11H20F3NO. The standard InChI is InChI=1S/C11H20F3NO/c1-8(6-11(12,13)14)15-10-5-3-2-4-9(10)7-16/h8-10,15-16H,2-7H2,1H3. The average Bonchev–Trinajstić information content (AvgIpc) is 2.15. The van der Waals surface area contributed by atoms with E-state index in [-0.39, 0.29) is 18.6 Å². The van der Waals surface area contributed by atoms with Crippen molar-refractivity contribution in [3.8, 4) is 0 Å². The predicted octanol–water partition coefficient (Wildman–Crippen LogP) is 2.47. The summed E-state index contributed by atoms with van der Waals surface area (Å²) >= 11 is 0. The molecule has 1 fully saturated rings. The minimum atomic E-state index is -4.12. The van der Waals surface area contributed by atoms with Gasteiger partial charge in [0.1, 0.15) is 0 Å². The van der Waals surface area contributed by atoms with Gasteiger partial charge in [-0.3, -0.25) is 0 Å². The number of halogens is 3. The fourth-order valence-electron chi connectivity index (χ4n) is 2.42. The molecule has 0 heterocycles. The maximum absolute atomic E-state index is 12.1. The third-order valence-electron chi connectivity index (χ3n) is 3.18. The van der Waals surface area contributed by atoms with Crippen molar-refractivity contribution in [3.63, 3.8) is 0 Å². The molecule has 2 nitrogen and oxygen atoms in total. The maximum Gasteiger partial charge on any atom is 0.390 e. The number of alkyl halides is 3. The Balaban J connectivity index is 2.39. The lowest BCUT2D eigenvalue weighted by molar-refractivity contribution is -0.139. The summed E-state index contributed by atoms with van der Waals surface area (Å²) < 4.78 is 36.4. The first-order valence-electron chi connectivity index (χ1n) is 5.86. The first kappa shape index (κ1) is 13.8. The van der Waals surface area contributed by atoms with Crippen molar-refractivity contribution in [2.45, 2.75) is 57.3 Å². The second kappa shape index (κ2) is 5.87. The molecule has 1 aliphatic carbocycles. The molecule has 16 heavy (non-hydrogen) atoms. The van der Waals surface area contributed by atoms with Gasteiger partial charge in [0.2, 0.25) is 0 Å². The zero-order chi connectivity index (χ0) is 12.2. The minimum absolute atomic E-state index is 0.0381. The van der Waals surface area contributed by atoms with Gasteiger partial charge in [0, 0.05) is 18.7 Å². The second-order valence-corrected chi connectivity index (χ2v) is 4.72. The minimum Gasteiger partial charge on any atom is -0.396 e. The molecule has 0 aromatic heterocycles. The molecule has 96 valence electrons. The molecule has 0 spiro atoms. The second-order valence-electron chi connectivity index (χ2n) is 4.72. The lowest BCUT2D eigenvalue weighted by Crippen LogP contribution is -2.45. The summed E-state index contributed by atoms with van der Waals surface area (Å²) in [7, 11) is 0. The van der Waals surface area contributed by atoms with Crippen LogP contribution in [0.1, 0.15) is 39.0 Å². The summed E-state index contributed by atoms with van der Waals surface area (Å²) in [5, 5.41) is 12.1. The van der Waals surface area contributed by atoms with Crippen molar-refractivity contribution in [2.24, 2.45) is 5.92 Å². The van der Waals surface area contributed by atoms with Gasteiger partial charge < -0.3 is 10.4 Å². The van der Waals surface area contributed by atoms with Crippen LogP contribution in [0.2, 0.25) is 0 Å². The molecule has 0 aromatic rings. The van der Waals surface area contributed by atoms with Crippen molar-refractivity contribution in [1.29, 1.82) is 0 Å². The smallest absolute Gasteiger partial charge is 0.390 e. The Morgan fingerprint density at radius 2 is 1.94 bits per heavy atom. The maximum atomic E-state index is 12.1. The Hall–Kier alpha value is -0.290. The van der Waals surface area contributed by atoms with Crippen LogP contribution in [0.15, 0.2) is 0 Å². The van der Waals surface area contributed by atoms with Gasteiger partial charge in [0.15, 0.2) is 0 Å². The fraction of sp³-hybridized carbons (Fsp3) is 1.00. The van der Waals surface area contributed by atoms with Gasteiger partial charge in [0.05, 0.1) is 6.42 Å². The number of hydrogen-bond acceptors (Lipinski definition) is 2. The molecule has 3 atom stereocenters. The molecule has 0 saturated heterocycles. The van der Waals surface area contributed by atoms with E-state index >= 15 is 0 Å². The Kier molecular flexibility index (Phi) is 5.05. The Bertz CT molecular complexity index is 208. The van der Waals surface area contributed by atoms with E-state index in [0.29, 0.717) is 0 Å². The van der Waals surface area contributed by atoms with Crippen LogP contribution >= 0.6 is 0 Å². The van der Waals surface area contributed by atoms with E-state index in [2.05, 4.69) is 5.32 Å². The normalized spacial score (nSPS) is 29.1. The van der Waals surface area contributed by atoms with Crippen molar-refractivity contribution in [1.82, 2.24) is 5.32 Å². The SMILES string of the molecule is CC(CC(F)(F)F)NC1CCCCC1CO. The third-order valence-corrected chi connectivity index (χ3v) is 3.18. The van der Waals surface area contributed by atoms with Crippen molar-refractivity contribution < 1.29 is 18.3 Å². The molecule has 0 aromatic carbocycles. The highest BCUT2D eigenvalue weighted by Crippen LogP contribution is 2.26. The zero-order valence-electron chi connectivity index (χ0n) is 9.56. The van der Waals surface area contributed by atoms with Crippen molar-refractivity contribution in [3.05, 3.63) is 0 Å². The van der Waals surface area contributed by atoms with Crippen molar-refractivity contribution >= 4 is 0 Å².